The monoisotopic (exact) mass is 312 g/mol. The van der Waals surface area contributed by atoms with Gasteiger partial charge in [-0.15, -0.1) is 0 Å². The molecule has 1 heteroatoms. The summed E-state index contributed by atoms with van der Waals surface area (Å²) < 4.78 is 0. The molecule has 0 amide bonds. The van der Waals surface area contributed by atoms with Crippen LogP contribution in [0.2, 0.25) is 0 Å². The number of hydrogen-bond donors (Lipinski definition) is 0. The summed E-state index contributed by atoms with van der Waals surface area (Å²) in [6.07, 6.45) is 12.4. The van der Waals surface area contributed by atoms with Crippen LogP contribution in [0, 0.1) is 17.8 Å². The van der Waals surface area contributed by atoms with Crippen LogP contribution in [-0.4, -0.2) is 5.78 Å². The maximum atomic E-state index is 12.9. The lowest BCUT2D eigenvalue weighted by molar-refractivity contribution is -0.127. The van der Waals surface area contributed by atoms with Gasteiger partial charge in [0.05, 0.1) is 0 Å². The van der Waals surface area contributed by atoms with Crippen LogP contribution in [0.4, 0.5) is 0 Å². The lowest BCUT2D eigenvalue weighted by Gasteiger charge is -2.29. The van der Waals surface area contributed by atoms with E-state index in [9.17, 15) is 4.79 Å². The Hall–Kier alpha value is -1.11. The van der Waals surface area contributed by atoms with Crippen LogP contribution in [0.3, 0.4) is 0 Å². The van der Waals surface area contributed by atoms with Crippen LogP contribution in [0.5, 0.6) is 0 Å². The molecule has 2 unspecified atom stereocenters. The van der Waals surface area contributed by atoms with E-state index in [0.29, 0.717) is 23.5 Å². The molecule has 126 valence electrons. The van der Waals surface area contributed by atoms with Crippen molar-refractivity contribution in [2.24, 2.45) is 17.8 Å². The van der Waals surface area contributed by atoms with Crippen LogP contribution in [0.1, 0.15) is 82.6 Å². The van der Waals surface area contributed by atoms with E-state index in [4.69, 9.17) is 0 Å². The van der Waals surface area contributed by atoms with E-state index in [1.54, 1.807) is 0 Å². The van der Waals surface area contributed by atoms with Crippen molar-refractivity contribution in [3.05, 3.63) is 35.9 Å². The number of rotatable bonds is 6. The Balaban J connectivity index is 1.48. The average Bonchev–Trinajstić information content (AvgIpc) is 3.11. The zero-order valence-electron chi connectivity index (χ0n) is 14.7. The molecule has 0 saturated heterocycles. The molecule has 0 aromatic heterocycles. The zero-order chi connectivity index (χ0) is 16.1. The molecular weight excluding hydrogens is 280 g/mol. The number of unbranched alkanes of at least 4 members (excludes halogenated alkanes) is 1. The Bertz CT molecular complexity index is 484. The summed E-state index contributed by atoms with van der Waals surface area (Å²) in [7, 11) is 0. The van der Waals surface area contributed by atoms with Crippen molar-refractivity contribution in [3.8, 4) is 0 Å². The Morgan fingerprint density at radius 3 is 2.35 bits per heavy atom. The van der Waals surface area contributed by atoms with Gasteiger partial charge in [-0.2, -0.15) is 0 Å². The minimum Gasteiger partial charge on any atom is -0.299 e. The molecule has 0 spiro atoms. The summed E-state index contributed by atoms with van der Waals surface area (Å²) >= 11 is 0. The molecule has 2 fully saturated rings. The Labute approximate surface area is 141 Å². The number of carbonyl (C=O) groups excluding carboxylic acids is 1. The van der Waals surface area contributed by atoms with E-state index < -0.39 is 0 Å². The molecule has 1 nitrogen and oxygen atoms in total. The largest absolute Gasteiger partial charge is 0.299 e. The molecular formula is C22H32O. The van der Waals surface area contributed by atoms with Gasteiger partial charge in [0, 0.05) is 11.8 Å². The summed E-state index contributed by atoms with van der Waals surface area (Å²) in [6, 6.07) is 10.8. The third kappa shape index (κ3) is 4.25. The molecule has 0 bridgehead atoms. The fraction of sp³-hybridized carbons (Fsp3) is 0.682. The number of hydrogen-bond acceptors (Lipinski definition) is 1. The first-order chi connectivity index (χ1) is 11.3. The van der Waals surface area contributed by atoms with Crippen molar-refractivity contribution in [3.63, 3.8) is 0 Å². The summed E-state index contributed by atoms with van der Waals surface area (Å²) in [4.78, 5) is 12.9. The third-order valence-electron chi connectivity index (χ3n) is 6.32. The zero-order valence-corrected chi connectivity index (χ0v) is 14.7. The highest BCUT2D eigenvalue weighted by molar-refractivity contribution is 5.83. The normalized spacial score (nSPS) is 31.2. The number of Topliss-reactive ketones (excluding diaryl/α,β-unsaturated/α-hetero) is 1. The predicted octanol–water partition coefficient (Wildman–Crippen LogP) is 6.14. The van der Waals surface area contributed by atoms with Crippen molar-refractivity contribution in [1.82, 2.24) is 0 Å². The van der Waals surface area contributed by atoms with E-state index in [1.807, 2.05) is 0 Å². The molecule has 0 N–H and O–H groups in total. The lowest BCUT2D eigenvalue weighted by Crippen LogP contribution is -2.26. The molecule has 0 radical (unpaired) electrons. The van der Waals surface area contributed by atoms with Crippen molar-refractivity contribution < 1.29 is 4.79 Å². The molecule has 0 heterocycles. The fourth-order valence-electron chi connectivity index (χ4n) is 4.83. The van der Waals surface area contributed by atoms with Gasteiger partial charge in [-0.1, -0.05) is 56.5 Å². The van der Waals surface area contributed by atoms with Gasteiger partial charge >= 0.3 is 0 Å². The third-order valence-corrected chi connectivity index (χ3v) is 6.32. The number of benzene rings is 1. The minimum absolute atomic E-state index is 0.345. The second kappa shape index (κ2) is 8.13. The second-order valence-corrected chi connectivity index (χ2v) is 7.88. The summed E-state index contributed by atoms with van der Waals surface area (Å²) in [5.74, 6) is 2.85. The highest BCUT2D eigenvalue weighted by atomic mass is 16.1. The highest BCUT2D eigenvalue weighted by Gasteiger charge is 2.35. The van der Waals surface area contributed by atoms with Crippen LogP contribution in [-0.2, 0) is 4.79 Å². The minimum atomic E-state index is 0.345. The van der Waals surface area contributed by atoms with Gasteiger partial charge in [-0.05, 0) is 62.3 Å². The first kappa shape index (κ1) is 16.7. The molecule has 23 heavy (non-hydrogen) atoms. The van der Waals surface area contributed by atoms with Gasteiger partial charge in [0.25, 0.3) is 0 Å². The number of ketones is 1. The van der Waals surface area contributed by atoms with Crippen molar-refractivity contribution >= 4 is 5.78 Å². The van der Waals surface area contributed by atoms with Crippen molar-refractivity contribution in [1.29, 1.82) is 0 Å². The lowest BCUT2D eigenvalue weighted by atomic mass is 9.75. The highest BCUT2D eigenvalue weighted by Crippen LogP contribution is 2.42. The SMILES string of the molecule is CCCCC1CCC(C(=O)C2CCC(c3ccccc3)C2)CC1. The molecule has 1 aromatic carbocycles. The van der Waals surface area contributed by atoms with Gasteiger partial charge in [0.1, 0.15) is 5.78 Å². The van der Waals surface area contributed by atoms with Crippen LogP contribution in [0.25, 0.3) is 0 Å². The Morgan fingerprint density at radius 1 is 0.957 bits per heavy atom. The quantitative estimate of drug-likeness (QED) is 0.617. The van der Waals surface area contributed by atoms with Gasteiger partial charge in [-0.25, -0.2) is 0 Å². The van der Waals surface area contributed by atoms with E-state index in [2.05, 4.69) is 37.3 Å². The molecule has 2 saturated carbocycles. The first-order valence-corrected chi connectivity index (χ1v) is 9.86. The van der Waals surface area contributed by atoms with Gasteiger partial charge in [0.15, 0.2) is 0 Å². The van der Waals surface area contributed by atoms with Crippen LogP contribution < -0.4 is 0 Å². The maximum absolute atomic E-state index is 12.9. The first-order valence-electron chi connectivity index (χ1n) is 9.86. The van der Waals surface area contributed by atoms with Gasteiger partial charge in [-0.3, -0.25) is 4.79 Å². The maximum Gasteiger partial charge on any atom is 0.139 e. The molecule has 1 aromatic rings. The van der Waals surface area contributed by atoms with Crippen LogP contribution >= 0.6 is 0 Å². The van der Waals surface area contributed by atoms with Crippen LogP contribution in [0.15, 0.2) is 30.3 Å². The fourth-order valence-corrected chi connectivity index (χ4v) is 4.83. The topological polar surface area (TPSA) is 17.1 Å². The summed E-state index contributed by atoms with van der Waals surface area (Å²) in [5, 5.41) is 0. The molecule has 0 aliphatic heterocycles. The van der Waals surface area contributed by atoms with Gasteiger partial charge in [0.2, 0.25) is 0 Å². The standard InChI is InChI=1S/C22H32O/c1-2-3-7-17-10-12-19(13-11-17)22(23)21-15-14-20(16-21)18-8-5-4-6-9-18/h4-6,8-9,17,19-21H,2-3,7,10-16H2,1H3. The second-order valence-electron chi connectivity index (χ2n) is 7.88. The van der Waals surface area contributed by atoms with E-state index in [0.717, 1.165) is 18.8 Å². The Kier molecular flexibility index (Phi) is 5.91. The number of carbonyl (C=O) groups is 1. The van der Waals surface area contributed by atoms with Gasteiger partial charge < -0.3 is 0 Å². The van der Waals surface area contributed by atoms with Crippen molar-refractivity contribution in [2.45, 2.75) is 77.0 Å². The molecule has 2 aliphatic carbocycles. The summed E-state index contributed by atoms with van der Waals surface area (Å²) in [5.41, 5.74) is 1.44. The van der Waals surface area contributed by atoms with E-state index >= 15 is 0 Å². The summed E-state index contributed by atoms with van der Waals surface area (Å²) in [6.45, 7) is 2.28. The molecule has 2 atom stereocenters. The Morgan fingerprint density at radius 2 is 1.65 bits per heavy atom. The predicted molar refractivity (Wildman–Crippen MR) is 96.5 cm³/mol. The average molecular weight is 312 g/mol. The molecule has 2 aliphatic rings. The smallest absolute Gasteiger partial charge is 0.139 e. The molecule has 3 rings (SSSR count). The van der Waals surface area contributed by atoms with E-state index in [1.165, 1.54) is 56.9 Å². The van der Waals surface area contributed by atoms with E-state index in [-0.39, 0.29) is 0 Å². The van der Waals surface area contributed by atoms with Crippen molar-refractivity contribution in [2.75, 3.05) is 0 Å².